The molecule has 7 nitrogen and oxygen atoms in total. The lowest BCUT2D eigenvalue weighted by atomic mass is 9.92. The molecule has 2 aromatic rings. The van der Waals surface area contributed by atoms with Crippen LogP contribution >= 0.6 is 0 Å². The summed E-state index contributed by atoms with van der Waals surface area (Å²) in [6, 6.07) is 3.77. The molecule has 1 aliphatic rings. The molecule has 0 unspecified atom stereocenters. The van der Waals surface area contributed by atoms with Gasteiger partial charge in [0.05, 0.1) is 12.5 Å². The molecular formula is C18H24N4O3. The summed E-state index contributed by atoms with van der Waals surface area (Å²) in [6.45, 7) is 1.27. The van der Waals surface area contributed by atoms with E-state index in [2.05, 4.69) is 9.97 Å². The number of aryl methyl sites for hydroxylation is 1. The lowest BCUT2D eigenvalue weighted by molar-refractivity contribution is -0.147. The first-order valence-electron chi connectivity index (χ1n) is 8.58. The summed E-state index contributed by atoms with van der Waals surface area (Å²) in [6.07, 6.45) is 8.27. The summed E-state index contributed by atoms with van der Waals surface area (Å²) < 4.78 is 7.81. The molecular weight excluding hydrogens is 320 g/mol. The molecule has 0 saturated carbocycles. The highest BCUT2D eigenvalue weighted by molar-refractivity contribution is 5.79. The SMILES string of the molecule is Cn1ccnc1[C@@H]1OCCC[C@H]1C(=O)N(CCO)Cc1cccnc1. The van der Waals surface area contributed by atoms with E-state index < -0.39 is 0 Å². The number of carbonyl (C=O) groups excluding carboxylic acids is 1. The predicted molar refractivity (Wildman–Crippen MR) is 91.4 cm³/mol. The van der Waals surface area contributed by atoms with Crippen LogP contribution < -0.4 is 0 Å². The largest absolute Gasteiger partial charge is 0.395 e. The first kappa shape index (κ1) is 17.6. The monoisotopic (exact) mass is 344 g/mol. The van der Waals surface area contributed by atoms with Crippen molar-refractivity contribution in [3.63, 3.8) is 0 Å². The fraction of sp³-hybridized carbons (Fsp3) is 0.500. The van der Waals surface area contributed by atoms with Gasteiger partial charge in [-0.15, -0.1) is 0 Å². The van der Waals surface area contributed by atoms with Crippen molar-refractivity contribution < 1.29 is 14.6 Å². The maximum Gasteiger partial charge on any atom is 0.229 e. The maximum absolute atomic E-state index is 13.2. The molecule has 0 spiro atoms. The molecule has 2 aromatic heterocycles. The van der Waals surface area contributed by atoms with Gasteiger partial charge in [-0.05, 0) is 24.5 Å². The van der Waals surface area contributed by atoms with E-state index in [9.17, 15) is 9.90 Å². The van der Waals surface area contributed by atoms with Gasteiger partial charge < -0.3 is 19.3 Å². The van der Waals surface area contributed by atoms with Gasteiger partial charge in [0.15, 0.2) is 0 Å². The number of carbonyl (C=O) groups is 1. The lowest BCUT2D eigenvalue weighted by Gasteiger charge is -2.34. The number of aromatic nitrogens is 3. The van der Waals surface area contributed by atoms with E-state index in [1.54, 1.807) is 23.5 Å². The number of nitrogens with zero attached hydrogens (tertiary/aromatic N) is 4. The quantitative estimate of drug-likeness (QED) is 0.854. The van der Waals surface area contributed by atoms with Crippen LogP contribution in [0.25, 0.3) is 0 Å². The van der Waals surface area contributed by atoms with Gasteiger partial charge in [0, 0.05) is 51.5 Å². The summed E-state index contributed by atoms with van der Waals surface area (Å²) in [5, 5.41) is 9.40. The van der Waals surface area contributed by atoms with Crippen LogP contribution in [0, 0.1) is 5.92 Å². The fourth-order valence-electron chi connectivity index (χ4n) is 3.27. The van der Waals surface area contributed by atoms with Crippen molar-refractivity contribution in [2.24, 2.45) is 13.0 Å². The van der Waals surface area contributed by atoms with Crippen molar-refractivity contribution in [1.29, 1.82) is 0 Å². The molecule has 0 aliphatic carbocycles. The zero-order valence-electron chi connectivity index (χ0n) is 14.4. The average molecular weight is 344 g/mol. The smallest absolute Gasteiger partial charge is 0.229 e. The highest BCUT2D eigenvalue weighted by atomic mass is 16.5. The summed E-state index contributed by atoms with van der Waals surface area (Å²) >= 11 is 0. The van der Waals surface area contributed by atoms with Crippen molar-refractivity contribution in [3.05, 3.63) is 48.3 Å². The van der Waals surface area contributed by atoms with Crippen LogP contribution in [0.2, 0.25) is 0 Å². The Morgan fingerprint density at radius 1 is 1.48 bits per heavy atom. The zero-order valence-corrected chi connectivity index (χ0v) is 14.4. The highest BCUT2D eigenvalue weighted by Crippen LogP contribution is 2.34. The number of imidazole rings is 1. The Kier molecular flexibility index (Phi) is 5.78. The van der Waals surface area contributed by atoms with Crippen molar-refractivity contribution in [2.75, 3.05) is 19.8 Å². The van der Waals surface area contributed by atoms with E-state index in [0.717, 1.165) is 24.2 Å². The molecule has 0 radical (unpaired) electrons. The molecule has 134 valence electrons. The first-order chi connectivity index (χ1) is 12.2. The Hall–Kier alpha value is -2.25. The number of hydrogen-bond acceptors (Lipinski definition) is 5. The number of rotatable bonds is 6. The topological polar surface area (TPSA) is 80.5 Å². The molecule has 3 rings (SSSR count). The van der Waals surface area contributed by atoms with E-state index in [1.807, 2.05) is 29.9 Å². The summed E-state index contributed by atoms with van der Waals surface area (Å²) in [5.74, 6) is 0.465. The molecule has 1 aliphatic heterocycles. The van der Waals surface area contributed by atoms with Gasteiger partial charge in [-0.2, -0.15) is 0 Å². The minimum absolute atomic E-state index is 0.00870. The molecule has 1 fully saturated rings. The van der Waals surface area contributed by atoms with Gasteiger partial charge in [0.25, 0.3) is 0 Å². The molecule has 0 aromatic carbocycles. The molecule has 1 saturated heterocycles. The van der Waals surface area contributed by atoms with Crippen LogP contribution in [0.3, 0.4) is 0 Å². The highest BCUT2D eigenvalue weighted by Gasteiger charge is 2.37. The zero-order chi connectivity index (χ0) is 17.6. The Morgan fingerprint density at radius 2 is 2.36 bits per heavy atom. The van der Waals surface area contributed by atoms with Crippen LogP contribution in [0.5, 0.6) is 0 Å². The fourth-order valence-corrected chi connectivity index (χ4v) is 3.27. The van der Waals surface area contributed by atoms with Gasteiger partial charge in [-0.25, -0.2) is 4.98 Å². The molecule has 0 bridgehead atoms. The second-order valence-electron chi connectivity index (χ2n) is 6.28. The number of hydrogen-bond donors (Lipinski definition) is 1. The predicted octanol–water partition coefficient (Wildman–Crippen LogP) is 1.30. The lowest BCUT2D eigenvalue weighted by Crippen LogP contribution is -2.42. The van der Waals surface area contributed by atoms with Crippen LogP contribution in [-0.2, 0) is 23.1 Å². The second kappa shape index (κ2) is 8.22. The van der Waals surface area contributed by atoms with Crippen LogP contribution in [0.15, 0.2) is 36.9 Å². The number of amides is 1. The first-order valence-corrected chi connectivity index (χ1v) is 8.58. The third kappa shape index (κ3) is 4.05. The third-order valence-electron chi connectivity index (χ3n) is 4.53. The van der Waals surface area contributed by atoms with Crippen LogP contribution in [0.1, 0.15) is 30.3 Å². The molecule has 3 heterocycles. The van der Waals surface area contributed by atoms with E-state index >= 15 is 0 Å². The standard InChI is InChI=1S/C18H24N4O3/c1-21-8-7-20-17(21)16-15(5-3-11-25-16)18(24)22(9-10-23)13-14-4-2-6-19-12-14/h2,4,6-8,12,15-16,23H,3,5,9-11,13H2,1H3/t15-,16-/m1/s1. The maximum atomic E-state index is 13.2. The number of aliphatic hydroxyl groups excluding tert-OH is 1. The summed E-state index contributed by atoms with van der Waals surface area (Å²) in [5.41, 5.74) is 0.939. The molecule has 1 amide bonds. The van der Waals surface area contributed by atoms with Crippen molar-refractivity contribution in [2.45, 2.75) is 25.5 Å². The van der Waals surface area contributed by atoms with Gasteiger partial charge in [0.2, 0.25) is 5.91 Å². The molecule has 7 heteroatoms. The third-order valence-corrected chi connectivity index (χ3v) is 4.53. The van der Waals surface area contributed by atoms with E-state index in [1.165, 1.54) is 0 Å². The Bertz CT molecular complexity index is 689. The van der Waals surface area contributed by atoms with Crippen LogP contribution in [0.4, 0.5) is 0 Å². The number of ether oxygens (including phenoxy) is 1. The normalized spacial score (nSPS) is 20.4. The minimum Gasteiger partial charge on any atom is -0.395 e. The van der Waals surface area contributed by atoms with E-state index in [-0.39, 0.29) is 31.1 Å². The summed E-state index contributed by atoms with van der Waals surface area (Å²) in [7, 11) is 1.91. The van der Waals surface area contributed by atoms with Crippen molar-refractivity contribution in [1.82, 2.24) is 19.4 Å². The Morgan fingerprint density at radius 3 is 3.04 bits per heavy atom. The van der Waals surface area contributed by atoms with Gasteiger partial charge in [-0.3, -0.25) is 9.78 Å². The number of aliphatic hydroxyl groups is 1. The average Bonchev–Trinajstić information content (AvgIpc) is 3.07. The van der Waals surface area contributed by atoms with Gasteiger partial charge in [0.1, 0.15) is 11.9 Å². The number of pyridine rings is 1. The Labute approximate surface area is 147 Å². The van der Waals surface area contributed by atoms with Crippen molar-refractivity contribution >= 4 is 5.91 Å². The molecule has 2 atom stereocenters. The molecule has 25 heavy (non-hydrogen) atoms. The van der Waals surface area contributed by atoms with Crippen LogP contribution in [-0.4, -0.2) is 50.2 Å². The van der Waals surface area contributed by atoms with Gasteiger partial charge >= 0.3 is 0 Å². The second-order valence-corrected chi connectivity index (χ2v) is 6.28. The Balaban J connectivity index is 1.80. The summed E-state index contributed by atoms with van der Waals surface area (Å²) in [4.78, 5) is 23.3. The van der Waals surface area contributed by atoms with E-state index in [0.29, 0.717) is 13.2 Å². The van der Waals surface area contributed by atoms with E-state index in [4.69, 9.17) is 4.74 Å². The van der Waals surface area contributed by atoms with Gasteiger partial charge in [-0.1, -0.05) is 6.07 Å². The van der Waals surface area contributed by atoms with Crippen molar-refractivity contribution in [3.8, 4) is 0 Å². The minimum atomic E-state index is -0.351. The molecule has 1 N–H and O–H groups in total.